The standard InChI is InChI=1S/C17H19FN2O2/c18-12-5-3-4-11(8-12)10-19-16(21)9-14-13-6-1-2-7-15(13)20-17(14)22/h3-5,8,15H,1-2,6-7,9-10H2,(H,19,21)(H,20,22). The third-order valence-electron chi connectivity index (χ3n) is 4.29. The van der Waals surface area contributed by atoms with Gasteiger partial charge in [0.1, 0.15) is 5.82 Å². The van der Waals surface area contributed by atoms with E-state index in [1.165, 1.54) is 12.1 Å². The predicted molar refractivity (Wildman–Crippen MR) is 80.3 cm³/mol. The molecule has 1 saturated carbocycles. The van der Waals surface area contributed by atoms with Gasteiger partial charge in [-0.2, -0.15) is 0 Å². The van der Waals surface area contributed by atoms with E-state index in [1.807, 2.05) is 0 Å². The van der Waals surface area contributed by atoms with Crippen LogP contribution in [-0.2, 0) is 16.1 Å². The van der Waals surface area contributed by atoms with Crippen LogP contribution in [0.3, 0.4) is 0 Å². The van der Waals surface area contributed by atoms with Crippen LogP contribution in [0.15, 0.2) is 35.4 Å². The van der Waals surface area contributed by atoms with E-state index in [0.29, 0.717) is 11.1 Å². The summed E-state index contributed by atoms with van der Waals surface area (Å²) in [6, 6.07) is 6.25. The molecule has 1 aliphatic heterocycles. The summed E-state index contributed by atoms with van der Waals surface area (Å²) in [5.41, 5.74) is 2.44. The molecule has 0 spiro atoms. The van der Waals surface area contributed by atoms with E-state index in [4.69, 9.17) is 0 Å². The van der Waals surface area contributed by atoms with Crippen molar-refractivity contribution in [3.05, 3.63) is 46.8 Å². The van der Waals surface area contributed by atoms with Gasteiger partial charge < -0.3 is 10.6 Å². The Labute approximate surface area is 128 Å². The van der Waals surface area contributed by atoms with Gasteiger partial charge in [0, 0.05) is 12.1 Å². The Balaban J connectivity index is 1.60. The van der Waals surface area contributed by atoms with Crippen molar-refractivity contribution in [1.82, 2.24) is 10.6 Å². The van der Waals surface area contributed by atoms with Crippen LogP contribution in [-0.4, -0.2) is 17.9 Å². The van der Waals surface area contributed by atoms with Crippen molar-refractivity contribution in [3.8, 4) is 0 Å². The van der Waals surface area contributed by atoms with Gasteiger partial charge >= 0.3 is 0 Å². The summed E-state index contributed by atoms with van der Waals surface area (Å²) in [7, 11) is 0. The van der Waals surface area contributed by atoms with Crippen molar-refractivity contribution in [1.29, 1.82) is 0 Å². The molecule has 1 aliphatic carbocycles. The largest absolute Gasteiger partial charge is 0.352 e. The minimum atomic E-state index is -0.322. The number of halogens is 1. The molecule has 0 aromatic heterocycles. The molecule has 5 heteroatoms. The highest BCUT2D eigenvalue weighted by Gasteiger charge is 2.33. The lowest BCUT2D eigenvalue weighted by molar-refractivity contribution is -0.123. The van der Waals surface area contributed by atoms with Crippen LogP contribution in [0.25, 0.3) is 0 Å². The molecule has 0 saturated heterocycles. The first-order valence-electron chi connectivity index (χ1n) is 7.67. The Morgan fingerprint density at radius 2 is 2.23 bits per heavy atom. The fourth-order valence-electron chi connectivity index (χ4n) is 3.19. The number of rotatable bonds is 4. The van der Waals surface area contributed by atoms with Gasteiger partial charge in [0.05, 0.1) is 12.5 Å². The Hall–Kier alpha value is -2.17. The van der Waals surface area contributed by atoms with Crippen molar-refractivity contribution < 1.29 is 14.0 Å². The maximum Gasteiger partial charge on any atom is 0.248 e. The highest BCUT2D eigenvalue weighted by molar-refractivity contribution is 6.02. The second-order valence-corrected chi connectivity index (χ2v) is 5.86. The second kappa shape index (κ2) is 6.30. The molecule has 4 nitrogen and oxygen atoms in total. The molecule has 2 aliphatic rings. The smallest absolute Gasteiger partial charge is 0.248 e. The fraction of sp³-hybridized carbons (Fsp3) is 0.412. The van der Waals surface area contributed by atoms with Gasteiger partial charge in [0.2, 0.25) is 11.8 Å². The number of fused-ring (bicyclic) bond motifs is 1. The topological polar surface area (TPSA) is 58.2 Å². The first kappa shape index (κ1) is 14.8. The van der Waals surface area contributed by atoms with E-state index in [2.05, 4.69) is 10.6 Å². The SMILES string of the molecule is O=C(CC1=C2CCCCC2NC1=O)NCc1cccc(F)c1. The molecule has 1 heterocycles. The van der Waals surface area contributed by atoms with Crippen LogP contribution in [0.4, 0.5) is 4.39 Å². The summed E-state index contributed by atoms with van der Waals surface area (Å²) >= 11 is 0. The third-order valence-corrected chi connectivity index (χ3v) is 4.29. The van der Waals surface area contributed by atoms with Crippen molar-refractivity contribution >= 4 is 11.8 Å². The number of nitrogens with one attached hydrogen (secondary N) is 2. The molecule has 0 radical (unpaired) electrons. The first-order chi connectivity index (χ1) is 10.6. The number of benzene rings is 1. The number of hydrogen-bond acceptors (Lipinski definition) is 2. The van der Waals surface area contributed by atoms with Crippen molar-refractivity contribution in [2.24, 2.45) is 0 Å². The van der Waals surface area contributed by atoms with Gasteiger partial charge in [0.25, 0.3) is 0 Å². The zero-order valence-electron chi connectivity index (χ0n) is 12.3. The maximum atomic E-state index is 13.1. The molecule has 2 N–H and O–H groups in total. The summed E-state index contributed by atoms with van der Waals surface area (Å²) in [5.74, 6) is -0.632. The lowest BCUT2D eigenvalue weighted by Gasteiger charge is -2.20. The van der Waals surface area contributed by atoms with Crippen LogP contribution in [0.1, 0.15) is 37.7 Å². The zero-order chi connectivity index (χ0) is 15.5. The minimum Gasteiger partial charge on any atom is -0.352 e. The number of amides is 2. The fourth-order valence-corrected chi connectivity index (χ4v) is 3.19. The Morgan fingerprint density at radius 1 is 1.36 bits per heavy atom. The lowest BCUT2D eigenvalue weighted by atomic mass is 9.88. The predicted octanol–water partition coefficient (Wildman–Crippen LogP) is 2.20. The zero-order valence-corrected chi connectivity index (χ0v) is 12.3. The Morgan fingerprint density at radius 3 is 3.05 bits per heavy atom. The molecular weight excluding hydrogens is 283 g/mol. The Bertz CT molecular complexity index is 639. The molecule has 0 bridgehead atoms. The highest BCUT2D eigenvalue weighted by atomic mass is 19.1. The molecule has 1 aromatic rings. The molecule has 3 rings (SSSR count). The molecule has 1 fully saturated rings. The molecule has 1 atom stereocenters. The van der Waals surface area contributed by atoms with Crippen LogP contribution < -0.4 is 10.6 Å². The normalized spacial score (nSPS) is 20.6. The maximum absolute atomic E-state index is 13.1. The summed E-state index contributed by atoms with van der Waals surface area (Å²) < 4.78 is 13.1. The van der Waals surface area contributed by atoms with Gasteiger partial charge in [-0.25, -0.2) is 4.39 Å². The third kappa shape index (κ3) is 3.18. The Kier molecular flexibility index (Phi) is 4.22. The molecule has 1 aromatic carbocycles. The van der Waals surface area contributed by atoms with E-state index >= 15 is 0 Å². The average molecular weight is 302 g/mol. The lowest BCUT2D eigenvalue weighted by Crippen LogP contribution is -2.30. The minimum absolute atomic E-state index is 0.104. The summed E-state index contributed by atoms with van der Waals surface area (Å²) in [6.07, 6.45) is 4.17. The summed E-state index contributed by atoms with van der Waals surface area (Å²) in [4.78, 5) is 24.1. The molecular formula is C17H19FN2O2. The van der Waals surface area contributed by atoms with Crippen LogP contribution in [0.5, 0.6) is 0 Å². The van der Waals surface area contributed by atoms with Gasteiger partial charge in [-0.15, -0.1) is 0 Å². The second-order valence-electron chi connectivity index (χ2n) is 5.86. The van der Waals surface area contributed by atoms with Crippen LogP contribution in [0, 0.1) is 5.82 Å². The van der Waals surface area contributed by atoms with E-state index in [-0.39, 0.29) is 36.6 Å². The number of hydrogen-bond donors (Lipinski definition) is 2. The van der Waals surface area contributed by atoms with Crippen LogP contribution in [0.2, 0.25) is 0 Å². The van der Waals surface area contributed by atoms with Crippen molar-refractivity contribution in [3.63, 3.8) is 0 Å². The van der Waals surface area contributed by atoms with Gasteiger partial charge in [-0.1, -0.05) is 18.6 Å². The quantitative estimate of drug-likeness (QED) is 0.896. The van der Waals surface area contributed by atoms with Crippen molar-refractivity contribution in [2.75, 3.05) is 0 Å². The van der Waals surface area contributed by atoms with Crippen molar-refractivity contribution in [2.45, 2.75) is 44.7 Å². The highest BCUT2D eigenvalue weighted by Crippen LogP contribution is 2.32. The van der Waals surface area contributed by atoms with Gasteiger partial charge in [-0.05, 0) is 42.5 Å². The van der Waals surface area contributed by atoms with Crippen LogP contribution >= 0.6 is 0 Å². The average Bonchev–Trinajstić information content (AvgIpc) is 2.81. The van der Waals surface area contributed by atoms with E-state index in [0.717, 1.165) is 31.3 Å². The summed E-state index contributed by atoms with van der Waals surface area (Å²) in [6.45, 7) is 0.268. The number of carbonyl (C=O) groups is 2. The number of carbonyl (C=O) groups excluding carboxylic acids is 2. The molecule has 1 unspecified atom stereocenters. The van der Waals surface area contributed by atoms with E-state index in [1.54, 1.807) is 12.1 Å². The van der Waals surface area contributed by atoms with E-state index < -0.39 is 0 Å². The van der Waals surface area contributed by atoms with Gasteiger partial charge in [-0.3, -0.25) is 9.59 Å². The first-order valence-corrected chi connectivity index (χ1v) is 7.67. The van der Waals surface area contributed by atoms with Gasteiger partial charge in [0.15, 0.2) is 0 Å². The van der Waals surface area contributed by atoms with E-state index in [9.17, 15) is 14.0 Å². The summed E-state index contributed by atoms with van der Waals surface area (Å²) in [5, 5.41) is 5.70. The molecule has 22 heavy (non-hydrogen) atoms. The molecule has 116 valence electrons. The monoisotopic (exact) mass is 302 g/mol. The molecule has 2 amide bonds.